The Hall–Kier alpha value is -2.28. The number of benzene rings is 1. The van der Waals surface area contributed by atoms with Gasteiger partial charge in [0.2, 0.25) is 0 Å². The molecule has 1 spiro atoms. The highest BCUT2D eigenvalue weighted by Crippen LogP contribution is 2.33. The summed E-state index contributed by atoms with van der Waals surface area (Å²) < 4.78 is 0. The van der Waals surface area contributed by atoms with E-state index in [4.69, 9.17) is 0 Å². The van der Waals surface area contributed by atoms with Crippen molar-refractivity contribution in [2.24, 2.45) is 0 Å². The van der Waals surface area contributed by atoms with E-state index >= 15 is 0 Å². The van der Waals surface area contributed by atoms with Crippen molar-refractivity contribution in [3.63, 3.8) is 0 Å². The minimum absolute atomic E-state index is 0.0298. The highest BCUT2D eigenvalue weighted by molar-refractivity contribution is 6.06. The Morgan fingerprint density at radius 3 is 2.46 bits per heavy atom. The highest BCUT2D eigenvalue weighted by Gasteiger charge is 2.52. The molecule has 3 fully saturated rings. The predicted molar refractivity (Wildman–Crippen MR) is 97.1 cm³/mol. The average Bonchev–Trinajstić information content (AvgIpc) is 2.87. The van der Waals surface area contributed by atoms with Crippen molar-refractivity contribution in [3.05, 3.63) is 24.3 Å². The van der Waals surface area contributed by atoms with Crippen LogP contribution in [0.5, 0.6) is 5.75 Å². The van der Waals surface area contributed by atoms with Gasteiger partial charge in [0.15, 0.2) is 6.67 Å². The summed E-state index contributed by atoms with van der Waals surface area (Å²) in [7, 11) is 0. The van der Waals surface area contributed by atoms with Crippen LogP contribution in [0.3, 0.4) is 0 Å². The first kappa shape index (κ1) is 17.1. The Balaban J connectivity index is 1.36. The van der Waals surface area contributed by atoms with Crippen LogP contribution in [0.2, 0.25) is 0 Å². The van der Waals surface area contributed by atoms with Gasteiger partial charge in [0.1, 0.15) is 11.3 Å². The smallest absolute Gasteiger partial charge is 0.329 e. The van der Waals surface area contributed by atoms with Gasteiger partial charge in [-0.1, -0.05) is 31.4 Å². The van der Waals surface area contributed by atoms with Crippen molar-refractivity contribution in [1.29, 1.82) is 0 Å². The Labute approximate surface area is 153 Å². The van der Waals surface area contributed by atoms with E-state index in [-0.39, 0.29) is 11.9 Å². The number of imide groups is 1. The number of rotatable bonds is 3. The van der Waals surface area contributed by atoms with Crippen LogP contribution in [0, 0.1) is 0 Å². The summed E-state index contributed by atoms with van der Waals surface area (Å²) in [4.78, 5) is 30.1. The maximum atomic E-state index is 12.9. The van der Waals surface area contributed by atoms with Gasteiger partial charge in [-0.2, -0.15) is 0 Å². The number of anilines is 1. The molecule has 4 rings (SSSR count). The van der Waals surface area contributed by atoms with Crippen LogP contribution in [0.15, 0.2) is 24.3 Å². The topological polar surface area (TPSA) is 77.3 Å². The zero-order chi connectivity index (χ0) is 18.1. The maximum absolute atomic E-state index is 12.9. The van der Waals surface area contributed by atoms with Crippen molar-refractivity contribution < 1.29 is 19.6 Å². The van der Waals surface area contributed by atoms with Crippen LogP contribution >= 0.6 is 0 Å². The molecule has 1 saturated carbocycles. The van der Waals surface area contributed by atoms with Gasteiger partial charge in [-0.25, -0.2) is 9.69 Å². The van der Waals surface area contributed by atoms with E-state index in [0.29, 0.717) is 12.4 Å². The molecule has 26 heavy (non-hydrogen) atoms. The predicted octanol–water partition coefficient (Wildman–Crippen LogP) is 0.309. The number of phenols is 1. The lowest BCUT2D eigenvalue weighted by Gasteiger charge is -2.35. The van der Waals surface area contributed by atoms with E-state index in [1.54, 1.807) is 6.07 Å². The standard InChI is InChI=1S/C19H26N4O3/c24-16-7-3-2-6-15(16)22-12-10-21(11-13-22)14-23-17(25)19(20-18(23)26)8-4-1-5-9-19/h2-3,6-7,24H,1,4-5,8-14H2,(H,20,26)/p+1. The van der Waals surface area contributed by atoms with Crippen LogP contribution in [0.4, 0.5) is 10.5 Å². The van der Waals surface area contributed by atoms with Crippen LogP contribution < -0.4 is 15.1 Å². The summed E-state index contributed by atoms with van der Waals surface area (Å²) in [6, 6.07) is 7.13. The third kappa shape index (κ3) is 3.00. The maximum Gasteiger partial charge on any atom is 0.329 e. The zero-order valence-corrected chi connectivity index (χ0v) is 15.0. The molecule has 0 atom stereocenters. The largest absolute Gasteiger partial charge is 0.506 e. The molecular weight excluding hydrogens is 332 g/mol. The summed E-state index contributed by atoms with van der Waals surface area (Å²) in [6.45, 7) is 3.68. The third-order valence-electron chi connectivity index (χ3n) is 6.03. The van der Waals surface area contributed by atoms with Crippen LogP contribution in [-0.2, 0) is 4.79 Å². The Morgan fingerprint density at radius 1 is 1.08 bits per heavy atom. The summed E-state index contributed by atoms with van der Waals surface area (Å²) in [5, 5.41) is 13.0. The summed E-state index contributed by atoms with van der Waals surface area (Å²) in [5.74, 6) is 0.266. The monoisotopic (exact) mass is 359 g/mol. The number of carbonyl (C=O) groups is 2. The lowest BCUT2D eigenvalue weighted by molar-refractivity contribution is -0.907. The molecule has 3 aliphatic rings. The van der Waals surface area contributed by atoms with Gasteiger partial charge < -0.3 is 20.2 Å². The van der Waals surface area contributed by atoms with Crippen molar-refractivity contribution in [2.75, 3.05) is 37.7 Å². The molecule has 0 bridgehead atoms. The molecule has 3 N–H and O–H groups in total. The second-order valence-corrected chi connectivity index (χ2v) is 7.69. The number of para-hydroxylation sites is 2. The summed E-state index contributed by atoms with van der Waals surface area (Å²) in [6.07, 6.45) is 4.69. The van der Waals surface area contributed by atoms with E-state index in [1.807, 2.05) is 18.2 Å². The number of nitrogens with one attached hydrogen (secondary N) is 2. The van der Waals surface area contributed by atoms with Crippen molar-refractivity contribution in [2.45, 2.75) is 37.6 Å². The second kappa shape index (κ2) is 6.79. The molecule has 1 aromatic carbocycles. The highest BCUT2D eigenvalue weighted by atomic mass is 16.3. The third-order valence-corrected chi connectivity index (χ3v) is 6.03. The molecule has 2 saturated heterocycles. The van der Waals surface area contributed by atoms with Gasteiger partial charge in [-0.3, -0.25) is 4.79 Å². The second-order valence-electron chi connectivity index (χ2n) is 7.69. The van der Waals surface area contributed by atoms with Crippen LogP contribution in [0.1, 0.15) is 32.1 Å². The number of quaternary nitrogens is 1. The first-order valence-corrected chi connectivity index (χ1v) is 9.60. The molecule has 1 aromatic rings. The van der Waals surface area contributed by atoms with Crippen molar-refractivity contribution in [3.8, 4) is 5.75 Å². The minimum atomic E-state index is -0.633. The van der Waals surface area contributed by atoms with E-state index < -0.39 is 5.54 Å². The normalized spacial score (nSPS) is 23.5. The Morgan fingerprint density at radius 2 is 1.77 bits per heavy atom. The lowest BCUT2D eigenvalue weighted by atomic mass is 9.82. The summed E-state index contributed by atoms with van der Waals surface area (Å²) in [5.41, 5.74) is 0.217. The van der Waals surface area contributed by atoms with Crippen molar-refractivity contribution in [1.82, 2.24) is 10.2 Å². The fraction of sp³-hybridized carbons (Fsp3) is 0.579. The van der Waals surface area contributed by atoms with Gasteiger partial charge >= 0.3 is 6.03 Å². The number of amides is 3. The molecule has 0 aromatic heterocycles. The molecule has 7 nitrogen and oxygen atoms in total. The number of carbonyl (C=O) groups excluding carboxylic acids is 2. The Bertz CT molecular complexity index is 694. The zero-order valence-electron chi connectivity index (χ0n) is 15.0. The van der Waals surface area contributed by atoms with Gasteiger partial charge in [0.25, 0.3) is 5.91 Å². The van der Waals surface area contributed by atoms with Gasteiger partial charge in [-0.15, -0.1) is 0 Å². The molecule has 7 heteroatoms. The quantitative estimate of drug-likeness (QED) is 0.679. The SMILES string of the molecule is O=C1NC2(CCCCC2)C(=O)N1C[NH+]1CCN(c2ccccc2O)CC1. The fourth-order valence-corrected chi connectivity index (χ4v) is 4.49. The summed E-state index contributed by atoms with van der Waals surface area (Å²) >= 11 is 0. The van der Waals surface area contributed by atoms with E-state index in [0.717, 1.165) is 64.0 Å². The van der Waals surface area contributed by atoms with Crippen LogP contribution in [0.25, 0.3) is 0 Å². The van der Waals surface area contributed by atoms with E-state index in [1.165, 1.54) is 9.80 Å². The first-order chi connectivity index (χ1) is 12.6. The van der Waals surface area contributed by atoms with Crippen molar-refractivity contribution >= 4 is 17.6 Å². The van der Waals surface area contributed by atoms with Gasteiger partial charge in [-0.05, 0) is 25.0 Å². The molecule has 0 unspecified atom stereocenters. The average molecular weight is 359 g/mol. The molecule has 0 radical (unpaired) electrons. The Kier molecular flexibility index (Phi) is 4.48. The van der Waals surface area contributed by atoms with Gasteiger partial charge in [0, 0.05) is 0 Å². The number of aromatic hydroxyl groups is 1. The molecule has 1 aliphatic carbocycles. The molecule has 2 aliphatic heterocycles. The number of nitrogens with zero attached hydrogens (tertiary/aromatic N) is 2. The lowest BCUT2D eigenvalue weighted by Crippen LogP contribution is -3.16. The van der Waals surface area contributed by atoms with Crippen LogP contribution in [-0.4, -0.2) is 60.3 Å². The molecule has 3 amide bonds. The number of phenolic OH excluding ortho intramolecular Hbond substituents is 1. The van der Waals surface area contributed by atoms with E-state index in [2.05, 4.69) is 10.2 Å². The number of hydrogen-bond donors (Lipinski definition) is 3. The fourth-order valence-electron chi connectivity index (χ4n) is 4.49. The molecule has 2 heterocycles. The first-order valence-electron chi connectivity index (χ1n) is 9.60. The van der Waals surface area contributed by atoms with Gasteiger partial charge in [0.05, 0.1) is 31.9 Å². The minimum Gasteiger partial charge on any atom is -0.506 e. The number of urea groups is 1. The molecular formula is C19H27N4O3+. The van der Waals surface area contributed by atoms with E-state index in [9.17, 15) is 14.7 Å². The molecule has 140 valence electrons. The number of hydrogen-bond acceptors (Lipinski definition) is 4. The number of piperazine rings is 1.